The second-order valence-electron chi connectivity index (χ2n) is 3.98. The predicted molar refractivity (Wildman–Crippen MR) is 57.3 cm³/mol. The van der Waals surface area contributed by atoms with Crippen molar-refractivity contribution in [3.05, 3.63) is 0 Å². The number of carboxylic acid groups (broad SMARTS) is 1. The van der Waals surface area contributed by atoms with Gasteiger partial charge in [0.05, 0.1) is 0 Å². The molecule has 0 aromatic heterocycles. The van der Waals surface area contributed by atoms with E-state index in [1.807, 2.05) is 13.8 Å². The van der Waals surface area contributed by atoms with Gasteiger partial charge in [-0.2, -0.15) is 0 Å². The molecule has 0 aromatic carbocycles. The molecule has 15 heavy (non-hydrogen) atoms. The van der Waals surface area contributed by atoms with E-state index in [2.05, 4.69) is 5.32 Å². The summed E-state index contributed by atoms with van der Waals surface area (Å²) in [6.45, 7) is 5.56. The average molecular weight is 216 g/mol. The molecule has 0 radical (unpaired) electrons. The van der Waals surface area contributed by atoms with Crippen LogP contribution in [0, 0.1) is 5.92 Å². The van der Waals surface area contributed by atoms with E-state index < -0.39 is 12.0 Å². The molecule has 1 amide bonds. The molecule has 0 aromatic rings. The first-order valence-corrected chi connectivity index (χ1v) is 5.16. The van der Waals surface area contributed by atoms with Crippen LogP contribution in [-0.2, 0) is 9.59 Å². The van der Waals surface area contributed by atoms with Crippen LogP contribution in [0.15, 0.2) is 0 Å². The average Bonchev–Trinajstić information content (AvgIpc) is 2.13. The second-order valence-corrected chi connectivity index (χ2v) is 3.98. The molecule has 4 N–H and O–H groups in total. The number of nitrogens with two attached hydrogens (primary N) is 1. The third-order valence-corrected chi connectivity index (χ3v) is 2.32. The Labute approximate surface area is 90.0 Å². The fourth-order valence-electron chi connectivity index (χ4n) is 1.04. The Balaban J connectivity index is 4.07. The minimum absolute atomic E-state index is 0.168. The second kappa shape index (κ2) is 6.40. The summed E-state index contributed by atoms with van der Waals surface area (Å²) >= 11 is 0. The molecule has 0 aliphatic carbocycles. The maximum Gasteiger partial charge on any atom is 0.326 e. The Bertz CT molecular complexity index is 229. The number of carboxylic acids is 1. The molecule has 0 aliphatic rings. The summed E-state index contributed by atoms with van der Waals surface area (Å²) in [5.74, 6) is -1.10. The van der Waals surface area contributed by atoms with Crippen LogP contribution in [0.3, 0.4) is 0 Å². The van der Waals surface area contributed by atoms with Crippen LogP contribution in [0.1, 0.15) is 33.6 Å². The molecule has 0 spiro atoms. The quantitative estimate of drug-likeness (QED) is 0.597. The van der Waals surface area contributed by atoms with E-state index >= 15 is 0 Å². The van der Waals surface area contributed by atoms with Crippen LogP contribution < -0.4 is 11.1 Å². The summed E-state index contributed by atoms with van der Waals surface area (Å²) in [5, 5.41) is 11.2. The van der Waals surface area contributed by atoms with Gasteiger partial charge in [-0.25, -0.2) is 4.79 Å². The van der Waals surface area contributed by atoms with Crippen molar-refractivity contribution in [3.8, 4) is 0 Å². The molecule has 0 heterocycles. The largest absolute Gasteiger partial charge is 0.480 e. The number of hydrogen-bond acceptors (Lipinski definition) is 3. The number of rotatable bonds is 6. The normalized spacial score (nSPS) is 14.7. The zero-order valence-electron chi connectivity index (χ0n) is 9.49. The van der Waals surface area contributed by atoms with Gasteiger partial charge in [0.2, 0.25) is 5.91 Å². The minimum atomic E-state index is -1.01. The number of carbonyl (C=O) groups is 2. The molecule has 2 atom stereocenters. The van der Waals surface area contributed by atoms with Gasteiger partial charge in [-0.3, -0.25) is 4.79 Å². The lowest BCUT2D eigenvalue weighted by atomic mass is 10.0. The van der Waals surface area contributed by atoms with Crippen molar-refractivity contribution in [3.63, 3.8) is 0 Å². The maximum atomic E-state index is 11.4. The summed E-state index contributed by atoms with van der Waals surface area (Å²) in [4.78, 5) is 22.0. The zero-order valence-corrected chi connectivity index (χ0v) is 9.49. The van der Waals surface area contributed by atoms with Crippen molar-refractivity contribution in [2.24, 2.45) is 11.7 Å². The summed E-state index contributed by atoms with van der Waals surface area (Å²) < 4.78 is 0. The standard InChI is InChI=1S/C10H20N2O3/c1-4-8(10(14)15)12-9(13)5-7(11)6(2)3/h6-8H,4-5,11H2,1-3H3,(H,12,13)(H,14,15)/t7?,8-/m0/s1. The number of nitrogens with one attached hydrogen (secondary N) is 1. The van der Waals surface area contributed by atoms with Crippen LogP contribution in [0.2, 0.25) is 0 Å². The smallest absolute Gasteiger partial charge is 0.326 e. The highest BCUT2D eigenvalue weighted by Crippen LogP contribution is 2.03. The van der Waals surface area contributed by atoms with E-state index in [0.29, 0.717) is 6.42 Å². The number of amides is 1. The first kappa shape index (κ1) is 13.9. The van der Waals surface area contributed by atoms with Crippen molar-refractivity contribution in [2.75, 3.05) is 0 Å². The van der Waals surface area contributed by atoms with Crippen molar-refractivity contribution in [1.29, 1.82) is 0 Å². The summed E-state index contributed by atoms with van der Waals surface area (Å²) in [5.41, 5.74) is 5.70. The molecule has 0 bridgehead atoms. The van der Waals surface area contributed by atoms with E-state index in [4.69, 9.17) is 10.8 Å². The Hall–Kier alpha value is -1.10. The van der Waals surface area contributed by atoms with Gasteiger partial charge < -0.3 is 16.2 Å². The van der Waals surface area contributed by atoms with Crippen LogP contribution in [-0.4, -0.2) is 29.1 Å². The van der Waals surface area contributed by atoms with Crippen LogP contribution in [0.5, 0.6) is 0 Å². The Kier molecular flexibility index (Phi) is 5.93. The van der Waals surface area contributed by atoms with E-state index in [9.17, 15) is 9.59 Å². The van der Waals surface area contributed by atoms with E-state index in [0.717, 1.165) is 0 Å². The molecule has 1 unspecified atom stereocenters. The van der Waals surface area contributed by atoms with Crippen molar-refractivity contribution < 1.29 is 14.7 Å². The van der Waals surface area contributed by atoms with E-state index in [-0.39, 0.29) is 24.3 Å². The highest BCUT2D eigenvalue weighted by molar-refractivity contribution is 5.83. The van der Waals surface area contributed by atoms with Gasteiger partial charge in [0.25, 0.3) is 0 Å². The van der Waals surface area contributed by atoms with E-state index in [1.165, 1.54) is 0 Å². The van der Waals surface area contributed by atoms with E-state index in [1.54, 1.807) is 6.92 Å². The molecule has 5 nitrogen and oxygen atoms in total. The summed E-state index contributed by atoms with van der Waals surface area (Å²) in [7, 11) is 0. The van der Waals surface area contributed by atoms with Crippen LogP contribution in [0.25, 0.3) is 0 Å². The molecule has 88 valence electrons. The van der Waals surface area contributed by atoms with Crippen LogP contribution in [0.4, 0.5) is 0 Å². The fraction of sp³-hybridized carbons (Fsp3) is 0.800. The molecule has 5 heteroatoms. The molecule has 0 fully saturated rings. The summed E-state index contributed by atoms with van der Waals surface area (Å²) in [6, 6.07) is -1.03. The predicted octanol–water partition coefficient (Wildman–Crippen LogP) is 0.339. The van der Waals surface area contributed by atoms with Gasteiger partial charge in [0.1, 0.15) is 6.04 Å². The molecular weight excluding hydrogens is 196 g/mol. The number of hydrogen-bond donors (Lipinski definition) is 3. The lowest BCUT2D eigenvalue weighted by Crippen LogP contribution is -2.43. The minimum Gasteiger partial charge on any atom is -0.480 e. The Morgan fingerprint density at radius 2 is 1.93 bits per heavy atom. The van der Waals surface area contributed by atoms with Gasteiger partial charge in [0.15, 0.2) is 0 Å². The third kappa shape index (κ3) is 5.37. The highest BCUT2D eigenvalue weighted by atomic mass is 16.4. The molecule has 0 aliphatic heterocycles. The Morgan fingerprint density at radius 3 is 2.27 bits per heavy atom. The van der Waals surface area contributed by atoms with Gasteiger partial charge >= 0.3 is 5.97 Å². The Morgan fingerprint density at radius 1 is 1.40 bits per heavy atom. The summed E-state index contributed by atoms with van der Waals surface area (Å²) in [6.07, 6.45) is 0.541. The maximum absolute atomic E-state index is 11.4. The van der Waals surface area contributed by atoms with Crippen LogP contribution >= 0.6 is 0 Å². The lowest BCUT2D eigenvalue weighted by Gasteiger charge is -2.17. The highest BCUT2D eigenvalue weighted by Gasteiger charge is 2.19. The number of aliphatic carboxylic acids is 1. The third-order valence-electron chi connectivity index (χ3n) is 2.32. The fourth-order valence-corrected chi connectivity index (χ4v) is 1.04. The van der Waals surface area contributed by atoms with Crippen molar-refractivity contribution in [1.82, 2.24) is 5.32 Å². The monoisotopic (exact) mass is 216 g/mol. The number of carbonyl (C=O) groups excluding carboxylic acids is 1. The zero-order chi connectivity index (χ0) is 12.0. The molecular formula is C10H20N2O3. The molecule has 0 rings (SSSR count). The van der Waals surface area contributed by atoms with Gasteiger partial charge in [-0.1, -0.05) is 20.8 Å². The van der Waals surface area contributed by atoms with Gasteiger partial charge in [-0.05, 0) is 12.3 Å². The molecule has 0 saturated carbocycles. The lowest BCUT2D eigenvalue weighted by molar-refractivity contribution is -0.142. The first-order chi connectivity index (χ1) is 6.88. The van der Waals surface area contributed by atoms with Gasteiger partial charge in [0, 0.05) is 12.5 Å². The van der Waals surface area contributed by atoms with Gasteiger partial charge in [-0.15, -0.1) is 0 Å². The topological polar surface area (TPSA) is 92.4 Å². The first-order valence-electron chi connectivity index (χ1n) is 5.16. The SMILES string of the molecule is CC[C@H](NC(=O)CC(N)C(C)C)C(=O)O. The van der Waals surface area contributed by atoms with Crippen molar-refractivity contribution >= 4 is 11.9 Å². The van der Waals surface area contributed by atoms with Crippen molar-refractivity contribution in [2.45, 2.75) is 45.7 Å². The molecule has 0 saturated heterocycles.